The molecule has 1 aliphatic heterocycles. The van der Waals surface area contributed by atoms with Crippen LogP contribution in [0.3, 0.4) is 0 Å². The van der Waals surface area contributed by atoms with Gasteiger partial charge in [0.2, 0.25) is 0 Å². The minimum Gasteiger partial charge on any atom is -0.497 e. The molecule has 1 unspecified atom stereocenters. The van der Waals surface area contributed by atoms with Crippen LogP contribution in [-0.4, -0.2) is 41.0 Å². The Kier molecular flexibility index (Phi) is 5.32. The third-order valence-corrected chi connectivity index (χ3v) is 4.80. The van der Waals surface area contributed by atoms with E-state index in [4.69, 9.17) is 9.47 Å². The van der Waals surface area contributed by atoms with Crippen LogP contribution in [0.2, 0.25) is 0 Å². The van der Waals surface area contributed by atoms with E-state index in [-0.39, 0.29) is 17.6 Å². The summed E-state index contributed by atoms with van der Waals surface area (Å²) in [6.07, 6.45) is 4.02. The van der Waals surface area contributed by atoms with Crippen molar-refractivity contribution < 1.29 is 14.3 Å². The first-order valence-electron chi connectivity index (χ1n) is 9.09. The number of carbonyl (C=O) groups is 1. The Hall–Kier alpha value is -2.34. The van der Waals surface area contributed by atoms with Gasteiger partial charge in [0.05, 0.1) is 35.9 Å². The number of amides is 1. The summed E-state index contributed by atoms with van der Waals surface area (Å²) in [7, 11) is 1.64. The van der Waals surface area contributed by atoms with E-state index in [0.29, 0.717) is 18.6 Å². The molecule has 1 fully saturated rings. The van der Waals surface area contributed by atoms with E-state index in [0.717, 1.165) is 30.0 Å². The normalized spacial score (nSPS) is 19.2. The average molecular weight is 357 g/mol. The van der Waals surface area contributed by atoms with E-state index in [1.165, 1.54) is 0 Å². The number of aromatic nitrogens is 2. The maximum absolute atomic E-state index is 12.8. The highest BCUT2D eigenvalue weighted by Gasteiger charge is 2.30. The van der Waals surface area contributed by atoms with E-state index in [9.17, 15) is 4.79 Å². The van der Waals surface area contributed by atoms with E-state index < -0.39 is 0 Å². The van der Waals surface area contributed by atoms with Gasteiger partial charge in [0.15, 0.2) is 0 Å². The molecule has 2 heterocycles. The molecule has 1 aliphatic rings. The largest absolute Gasteiger partial charge is 0.497 e. The van der Waals surface area contributed by atoms with Gasteiger partial charge in [-0.2, -0.15) is 5.10 Å². The molecular formula is C20H27N3O3. The standard InChI is InChI=1S/C20H27N3O3/c1-5-18-17(19(24)22-14-10-11-26-20(2,3)12-14)13-21-23(18)15-6-8-16(25-4)9-7-15/h6-9,13-14H,5,10-12H2,1-4H3,(H,22,24). The van der Waals surface area contributed by atoms with Gasteiger partial charge in [0.25, 0.3) is 5.91 Å². The van der Waals surface area contributed by atoms with Gasteiger partial charge in [-0.25, -0.2) is 4.68 Å². The van der Waals surface area contributed by atoms with E-state index in [1.807, 2.05) is 35.9 Å². The molecule has 1 saturated heterocycles. The highest BCUT2D eigenvalue weighted by Crippen LogP contribution is 2.25. The first-order valence-corrected chi connectivity index (χ1v) is 9.09. The molecule has 0 radical (unpaired) electrons. The number of rotatable bonds is 5. The Morgan fingerprint density at radius 2 is 2.12 bits per heavy atom. The predicted octanol–water partition coefficient (Wildman–Crippen LogP) is 3.13. The third kappa shape index (κ3) is 3.90. The number of hydrogen-bond acceptors (Lipinski definition) is 4. The van der Waals surface area contributed by atoms with Gasteiger partial charge in [0, 0.05) is 12.6 Å². The zero-order valence-corrected chi connectivity index (χ0v) is 15.9. The summed E-state index contributed by atoms with van der Waals surface area (Å²) in [5, 5.41) is 7.60. The summed E-state index contributed by atoms with van der Waals surface area (Å²) in [5.41, 5.74) is 2.25. The lowest BCUT2D eigenvalue weighted by atomic mass is 9.94. The average Bonchev–Trinajstić information content (AvgIpc) is 3.05. The number of hydrogen-bond donors (Lipinski definition) is 1. The van der Waals surface area contributed by atoms with Crippen LogP contribution in [0.5, 0.6) is 5.75 Å². The number of benzene rings is 1. The number of nitrogens with one attached hydrogen (secondary N) is 1. The molecule has 1 N–H and O–H groups in total. The van der Waals surface area contributed by atoms with Crippen LogP contribution in [0.25, 0.3) is 5.69 Å². The molecule has 0 saturated carbocycles. The van der Waals surface area contributed by atoms with Crippen molar-refractivity contribution in [2.45, 2.75) is 51.7 Å². The first kappa shape index (κ1) is 18.5. The van der Waals surface area contributed by atoms with Crippen molar-refractivity contribution in [1.29, 1.82) is 0 Å². The summed E-state index contributed by atoms with van der Waals surface area (Å²) < 4.78 is 12.8. The Bertz CT molecular complexity index is 765. The summed E-state index contributed by atoms with van der Waals surface area (Å²) in [6.45, 7) is 6.82. The fourth-order valence-electron chi connectivity index (χ4n) is 3.47. The van der Waals surface area contributed by atoms with Crippen LogP contribution in [0.15, 0.2) is 30.5 Å². The van der Waals surface area contributed by atoms with Crippen molar-refractivity contribution in [3.8, 4) is 11.4 Å². The molecule has 6 heteroatoms. The van der Waals surface area contributed by atoms with Gasteiger partial charge in [-0.3, -0.25) is 4.79 Å². The Balaban J connectivity index is 1.79. The molecule has 140 valence electrons. The smallest absolute Gasteiger partial charge is 0.254 e. The minimum atomic E-state index is -0.197. The number of nitrogens with zero attached hydrogens (tertiary/aromatic N) is 2. The maximum Gasteiger partial charge on any atom is 0.254 e. The number of ether oxygens (including phenoxy) is 2. The second-order valence-electron chi connectivity index (χ2n) is 7.24. The van der Waals surface area contributed by atoms with Crippen LogP contribution in [0.4, 0.5) is 0 Å². The third-order valence-electron chi connectivity index (χ3n) is 4.80. The van der Waals surface area contributed by atoms with Crippen molar-refractivity contribution in [3.05, 3.63) is 41.7 Å². The lowest BCUT2D eigenvalue weighted by Crippen LogP contribution is -2.45. The summed E-state index contributed by atoms with van der Waals surface area (Å²) in [5.74, 6) is 0.725. The van der Waals surface area contributed by atoms with Crippen LogP contribution in [0, 0.1) is 0 Å². The molecule has 2 aromatic rings. The summed E-state index contributed by atoms with van der Waals surface area (Å²) in [4.78, 5) is 12.8. The molecule has 3 rings (SSSR count). The van der Waals surface area contributed by atoms with Crippen LogP contribution in [0.1, 0.15) is 49.7 Å². The molecule has 0 aliphatic carbocycles. The topological polar surface area (TPSA) is 65.4 Å². The lowest BCUT2D eigenvalue weighted by molar-refractivity contribution is -0.0615. The molecule has 1 atom stereocenters. The fraction of sp³-hybridized carbons (Fsp3) is 0.500. The maximum atomic E-state index is 12.8. The zero-order valence-electron chi connectivity index (χ0n) is 15.9. The van der Waals surface area contributed by atoms with Crippen molar-refractivity contribution in [2.24, 2.45) is 0 Å². The second kappa shape index (κ2) is 7.50. The van der Waals surface area contributed by atoms with Gasteiger partial charge in [-0.15, -0.1) is 0 Å². The van der Waals surface area contributed by atoms with Crippen LogP contribution < -0.4 is 10.1 Å². The SMILES string of the molecule is CCc1c(C(=O)NC2CCOC(C)(C)C2)cnn1-c1ccc(OC)cc1. The molecule has 0 spiro atoms. The first-order chi connectivity index (χ1) is 12.4. The summed E-state index contributed by atoms with van der Waals surface area (Å²) in [6, 6.07) is 7.78. The molecule has 1 aromatic carbocycles. The fourth-order valence-corrected chi connectivity index (χ4v) is 3.47. The predicted molar refractivity (Wildman–Crippen MR) is 100 cm³/mol. The minimum absolute atomic E-state index is 0.0655. The van der Waals surface area contributed by atoms with E-state index >= 15 is 0 Å². The highest BCUT2D eigenvalue weighted by molar-refractivity contribution is 5.95. The van der Waals surface area contributed by atoms with E-state index in [1.54, 1.807) is 13.3 Å². The summed E-state index contributed by atoms with van der Waals surface area (Å²) >= 11 is 0. The molecule has 1 aromatic heterocycles. The van der Waals surface area contributed by atoms with E-state index in [2.05, 4.69) is 24.3 Å². The highest BCUT2D eigenvalue weighted by atomic mass is 16.5. The van der Waals surface area contributed by atoms with Gasteiger partial charge >= 0.3 is 0 Å². The van der Waals surface area contributed by atoms with Crippen molar-refractivity contribution in [2.75, 3.05) is 13.7 Å². The van der Waals surface area contributed by atoms with Crippen LogP contribution >= 0.6 is 0 Å². The molecular weight excluding hydrogens is 330 g/mol. The number of carbonyl (C=O) groups excluding carboxylic acids is 1. The van der Waals surface area contributed by atoms with Crippen LogP contribution in [-0.2, 0) is 11.2 Å². The van der Waals surface area contributed by atoms with Crippen molar-refractivity contribution in [3.63, 3.8) is 0 Å². The van der Waals surface area contributed by atoms with Gasteiger partial charge < -0.3 is 14.8 Å². The molecule has 0 bridgehead atoms. The number of methoxy groups -OCH3 is 1. The Morgan fingerprint density at radius 3 is 2.73 bits per heavy atom. The molecule has 6 nitrogen and oxygen atoms in total. The monoisotopic (exact) mass is 357 g/mol. The Labute approximate surface area is 154 Å². The Morgan fingerprint density at radius 1 is 1.38 bits per heavy atom. The second-order valence-corrected chi connectivity index (χ2v) is 7.24. The van der Waals surface area contributed by atoms with Crippen molar-refractivity contribution in [1.82, 2.24) is 15.1 Å². The van der Waals surface area contributed by atoms with Gasteiger partial charge in [-0.05, 0) is 57.4 Å². The van der Waals surface area contributed by atoms with Crippen molar-refractivity contribution >= 4 is 5.91 Å². The van der Waals surface area contributed by atoms with Gasteiger partial charge in [0.1, 0.15) is 5.75 Å². The van der Waals surface area contributed by atoms with Gasteiger partial charge in [-0.1, -0.05) is 6.92 Å². The lowest BCUT2D eigenvalue weighted by Gasteiger charge is -2.35. The molecule has 1 amide bonds. The quantitative estimate of drug-likeness (QED) is 0.893. The molecule has 26 heavy (non-hydrogen) atoms. The zero-order chi connectivity index (χ0) is 18.7.